The number of esters is 2. The second kappa shape index (κ2) is 50.3. The van der Waals surface area contributed by atoms with E-state index in [1.807, 2.05) is 0 Å². The number of hydrogen-bond acceptors (Lipinski definition) is 10. The van der Waals surface area contributed by atoms with E-state index in [1.165, 1.54) is 207 Å². The van der Waals surface area contributed by atoms with Gasteiger partial charge in [0.2, 0.25) is 0 Å². The minimum atomic E-state index is -4.82. The molecule has 0 aliphatic carbocycles. The van der Waals surface area contributed by atoms with Crippen LogP contribution >= 0.6 is 25.3 Å². The van der Waals surface area contributed by atoms with Crippen LogP contribution < -0.4 is 0 Å². The molecule has 0 saturated carbocycles. The minimum Gasteiger partial charge on any atom is -0.0654 e. The monoisotopic (exact) mass is 1090 g/mol. The van der Waals surface area contributed by atoms with Crippen molar-refractivity contribution in [2.45, 2.75) is 292 Å². The zero-order chi connectivity index (χ0) is 49.3. The first-order valence-electron chi connectivity index (χ1n) is 28.5. The van der Waals surface area contributed by atoms with Gasteiger partial charge in [-0.3, -0.25) is 0 Å². The molecule has 0 aromatic heterocycles. The van der Waals surface area contributed by atoms with Crippen molar-refractivity contribution in [2.24, 2.45) is 11.8 Å². The third kappa shape index (κ3) is 41.7. The molecule has 0 aromatic carbocycles. The van der Waals surface area contributed by atoms with Crippen LogP contribution in [0, 0.1) is 11.8 Å². The maximum absolute atomic E-state index is 14.1. The summed E-state index contributed by atoms with van der Waals surface area (Å²) in [5, 5.41) is 0. The number of ether oxygens (including phenoxy) is 2. The van der Waals surface area contributed by atoms with Gasteiger partial charge in [0.1, 0.15) is 0 Å². The number of carbonyl (C=O) groups is 4. The van der Waals surface area contributed by atoms with Crippen LogP contribution in [0.25, 0.3) is 0 Å². The van der Waals surface area contributed by atoms with Gasteiger partial charge in [-0.1, -0.05) is 142 Å². The summed E-state index contributed by atoms with van der Waals surface area (Å²) < 4.78 is 23.0. The number of rotatable bonds is 52. The molecule has 0 saturated heterocycles. The van der Waals surface area contributed by atoms with Gasteiger partial charge in [-0.05, 0) is 0 Å². The second-order valence-electron chi connectivity index (χ2n) is 19.9. The van der Waals surface area contributed by atoms with Gasteiger partial charge >= 0.3 is 291 Å². The van der Waals surface area contributed by atoms with Gasteiger partial charge in [-0.15, -0.1) is 0 Å². The molecule has 0 rings (SSSR count). The van der Waals surface area contributed by atoms with Crippen molar-refractivity contribution in [3.05, 3.63) is 0 Å². The van der Waals surface area contributed by atoms with Crippen molar-refractivity contribution >= 4 is 68.3 Å². The van der Waals surface area contributed by atoms with E-state index in [0.717, 1.165) is 38.5 Å². The summed E-state index contributed by atoms with van der Waals surface area (Å²) in [6.07, 6.45) is 49.2. The summed E-state index contributed by atoms with van der Waals surface area (Å²) >= 11 is 4.15. The molecule has 0 aromatic rings. The number of carbonyl (C=O) groups excluding carboxylic acids is 4. The molecule has 0 aliphatic heterocycles. The molecule has 0 heterocycles. The summed E-state index contributed by atoms with van der Waals surface area (Å²) in [5.74, 6) is -1.47. The number of methoxy groups -OCH3 is 2. The fraction of sp³-hybridized carbons (Fsp3) is 0.929. The van der Waals surface area contributed by atoms with E-state index in [0.29, 0.717) is 37.2 Å². The van der Waals surface area contributed by atoms with Crippen LogP contribution in [0.5, 0.6) is 0 Å². The standard InChI is InChI=1S/2C24H48O2S.2C4H7O2.Sn/c2*1-2-3-4-5-6-7-8-9-10-11-12-13-14-15-16-17-18-19-20-23(21-22-27)24(25)26;2*1-3-4(5)6-2;/h2*23,27H,2-22H2,1H3,(H,25,26);2*1,3H2,2H3;/q;;;;+2/p-2. The fourth-order valence-corrected chi connectivity index (χ4v) is 18.3. The molecular weight excluding hydrogens is 983 g/mol. The first-order valence-corrected chi connectivity index (χ1v) is 36.2. The van der Waals surface area contributed by atoms with Crippen molar-refractivity contribution in [3.63, 3.8) is 0 Å². The van der Waals surface area contributed by atoms with Gasteiger partial charge in [0.25, 0.3) is 0 Å². The Morgan fingerprint density at radius 2 is 0.582 bits per heavy atom. The average molecular weight is 1090 g/mol. The van der Waals surface area contributed by atoms with Crippen molar-refractivity contribution in [1.82, 2.24) is 0 Å². The zero-order valence-electron chi connectivity index (χ0n) is 44.3. The van der Waals surface area contributed by atoms with Gasteiger partial charge in [-0.2, -0.15) is 0 Å². The van der Waals surface area contributed by atoms with Gasteiger partial charge < -0.3 is 0 Å². The van der Waals surface area contributed by atoms with E-state index in [4.69, 9.17) is 15.6 Å². The molecule has 11 heteroatoms. The van der Waals surface area contributed by atoms with E-state index in [2.05, 4.69) is 39.1 Å². The zero-order valence-corrected chi connectivity index (χ0v) is 49.0. The van der Waals surface area contributed by atoms with Crippen molar-refractivity contribution in [2.75, 3.05) is 25.7 Å². The molecule has 0 N–H and O–H groups in total. The summed E-state index contributed by atoms with van der Waals surface area (Å²) in [4.78, 5) is 53.2. The van der Waals surface area contributed by atoms with E-state index in [1.54, 1.807) is 0 Å². The maximum atomic E-state index is 14.1. The van der Waals surface area contributed by atoms with E-state index in [9.17, 15) is 19.2 Å². The van der Waals surface area contributed by atoms with Gasteiger partial charge in [-0.25, -0.2) is 0 Å². The Morgan fingerprint density at radius 1 is 0.358 bits per heavy atom. The van der Waals surface area contributed by atoms with E-state index < -0.39 is 54.9 Å². The quantitative estimate of drug-likeness (QED) is 0.0269. The van der Waals surface area contributed by atoms with Crippen molar-refractivity contribution in [1.29, 1.82) is 0 Å². The molecule has 396 valence electrons. The van der Waals surface area contributed by atoms with Gasteiger partial charge in [0.15, 0.2) is 0 Å². The smallest absolute Gasteiger partial charge is 0.0654 e. The van der Waals surface area contributed by atoms with Crippen LogP contribution in [0.2, 0.25) is 8.87 Å². The summed E-state index contributed by atoms with van der Waals surface area (Å²) in [7, 11) is 2.63. The van der Waals surface area contributed by atoms with E-state index >= 15 is 0 Å². The molecule has 0 bridgehead atoms. The third-order valence-corrected chi connectivity index (χ3v) is 23.4. The first kappa shape index (κ1) is 66.4. The van der Waals surface area contributed by atoms with Crippen LogP contribution in [0.15, 0.2) is 0 Å². The van der Waals surface area contributed by atoms with Crippen LogP contribution in [-0.2, 0) is 34.8 Å². The van der Waals surface area contributed by atoms with Crippen molar-refractivity contribution < 1.29 is 34.8 Å². The Kier molecular flexibility index (Phi) is 49.9. The Hall–Kier alpha value is -0.621. The molecule has 0 amide bonds. The average Bonchev–Trinajstić information content (AvgIpc) is 3.33. The number of hydrogen-bond donors (Lipinski definition) is 2. The molecule has 8 nitrogen and oxygen atoms in total. The second-order valence-corrected chi connectivity index (χ2v) is 30.0. The van der Waals surface area contributed by atoms with Crippen molar-refractivity contribution in [3.8, 4) is 0 Å². The topological polar surface area (TPSA) is 105 Å². The van der Waals surface area contributed by atoms with E-state index in [-0.39, 0.29) is 21.7 Å². The molecule has 0 spiro atoms. The number of thiol groups is 2. The number of unbranched alkanes of at least 4 members (excludes halogenated alkanes) is 34. The molecule has 0 fully saturated rings. The third-order valence-electron chi connectivity index (χ3n) is 13.9. The molecule has 67 heavy (non-hydrogen) atoms. The Morgan fingerprint density at radius 3 is 0.791 bits per heavy atom. The van der Waals surface area contributed by atoms with Gasteiger partial charge in [0, 0.05) is 0 Å². The van der Waals surface area contributed by atoms with Crippen LogP contribution in [0.4, 0.5) is 0 Å². The fourth-order valence-electron chi connectivity index (χ4n) is 9.33. The SMILES string of the molecule is CCCCCCCCCCCCCCCCCCCCC(CCS)C(=O)[O][Sn]([CH2]CC(=O)OC)([CH2]CC(=O)OC)[O]C(=O)C(CCS)CCCCCCCCCCCCCCCCCCCC. The Labute approximate surface area is 430 Å². The van der Waals surface area contributed by atoms with Crippen LogP contribution in [-0.4, -0.2) is 68.8 Å². The summed E-state index contributed by atoms with van der Waals surface area (Å²) in [6.45, 7) is 4.55. The Balaban J connectivity index is 5.01. The molecular formula is C56H108O8S2Sn. The predicted molar refractivity (Wildman–Crippen MR) is 292 cm³/mol. The Bertz CT molecular complexity index is 1060. The predicted octanol–water partition coefficient (Wildman–Crippen LogP) is 17.4. The van der Waals surface area contributed by atoms with Gasteiger partial charge in [0.05, 0.1) is 0 Å². The normalized spacial score (nSPS) is 12.5. The van der Waals surface area contributed by atoms with Crippen LogP contribution in [0.3, 0.4) is 0 Å². The summed E-state index contributed by atoms with van der Waals surface area (Å²) in [5.41, 5.74) is 0. The summed E-state index contributed by atoms with van der Waals surface area (Å²) in [6, 6.07) is 0. The molecule has 0 aliphatic rings. The van der Waals surface area contributed by atoms with Crippen LogP contribution in [0.1, 0.15) is 284 Å². The first-order chi connectivity index (χ1) is 32.7. The molecule has 2 atom stereocenters. The minimum absolute atomic E-state index is 0.0543. The molecule has 2 unspecified atom stereocenters. The molecule has 0 radical (unpaired) electrons.